The number of carboxylic acid groups (broad SMARTS) is 7. The first-order valence-electron chi connectivity index (χ1n) is 37.7. The summed E-state index contributed by atoms with van der Waals surface area (Å²) in [7, 11) is 0. The number of benzene rings is 12. The minimum absolute atomic E-state index is 0. The van der Waals surface area contributed by atoms with E-state index in [0.717, 1.165) is 0 Å². The monoisotopic (exact) mass is 1730 g/mol. The van der Waals surface area contributed by atoms with E-state index in [1.54, 1.807) is 295 Å². The molecule has 12 aromatic rings. The van der Waals surface area contributed by atoms with Gasteiger partial charge in [-0.3, -0.25) is 28.8 Å². The Morgan fingerprint density at radius 2 is 0.508 bits per heavy atom. The van der Waals surface area contributed by atoms with E-state index in [2.05, 4.69) is 0 Å². The lowest BCUT2D eigenvalue weighted by Gasteiger charge is -2.31. The van der Waals surface area contributed by atoms with Gasteiger partial charge in [0.15, 0.2) is 34.7 Å². The maximum atomic E-state index is 12.4. The maximum Gasteiger partial charge on any atom is 0.193 e. The van der Waals surface area contributed by atoms with Crippen molar-refractivity contribution in [2.24, 2.45) is 0 Å². The first-order chi connectivity index (χ1) is 57.8. The lowest BCUT2D eigenvalue weighted by atomic mass is 9.81. The molecule has 128 heavy (non-hydrogen) atoms. The third-order valence-electron chi connectivity index (χ3n) is 19.0. The average molecular weight is 1740 g/mol. The molecule has 0 aliphatic rings. The molecule has 672 valence electrons. The third kappa shape index (κ3) is 32.5. The number of aliphatic hydroxyl groups is 2. The van der Waals surface area contributed by atoms with Gasteiger partial charge in [0.05, 0.1) is 30.6 Å². The van der Waals surface area contributed by atoms with Gasteiger partial charge < -0.3 is 79.5 Å². The number of ketones is 6. The average Bonchev–Trinajstić information content (AvgIpc) is 0.790. The minimum atomic E-state index is -1.94. The molecule has 12 aromatic carbocycles. The lowest BCUT2D eigenvalue weighted by molar-refractivity contribution is -0.317. The molecule has 0 aromatic heterocycles. The van der Waals surface area contributed by atoms with Crippen molar-refractivity contribution in [3.63, 3.8) is 0 Å². The van der Waals surface area contributed by atoms with Crippen molar-refractivity contribution >= 4 is 76.5 Å². The highest BCUT2D eigenvalue weighted by Gasteiger charge is 2.34. The smallest absolute Gasteiger partial charge is 0.193 e. The predicted octanol–water partition coefficient (Wildman–Crippen LogP) is 10.9. The van der Waals surface area contributed by atoms with Crippen molar-refractivity contribution < 1.29 is 108 Å². The van der Waals surface area contributed by atoms with Gasteiger partial charge in [-0.2, -0.15) is 0 Å². The fourth-order valence-corrected chi connectivity index (χ4v) is 12.0. The summed E-state index contributed by atoms with van der Waals surface area (Å²) in [6.07, 6.45) is -0.293. The van der Waals surface area contributed by atoms with Crippen LogP contribution in [0.5, 0.6) is 0 Å². The van der Waals surface area contributed by atoms with Crippen LogP contribution >= 0.6 is 0 Å². The Kier molecular flexibility index (Phi) is 48.7. The van der Waals surface area contributed by atoms with Crippen molar-refractivity contribution in [2.45, 2.75) is 128 Å². The Balaban J connectivity index is 0.00000150. The van der Waals surface area contributed by atoms with E-state index in [1.165, 1.54) is 30.3 Å². The van der Waals surface area contributed by atoms with Crippen molar-refractivity contribution in [2.75, 3.05) is 13.2 Å². The largest absolute Gasteiger partial charge is 0.550 e. The number of hydrogen-bond donors (Lipinski definition) is 2. The zero-order valence-corrected chi connectivity index (χ0v) is 66.1. The van der Waals surface area contributed by atoms with Crippen molar-refractivity contribution in [1.82, 2.24) is 0 Å². The second-order valence-corrected chi connectivity index (χ2v) is 27.9. The molecule has 0 saturated carbocycles. The Labute approximate surface area is 749 Å². The number of carbonyl (C=O) groups is 13. The Morgan fingerprint density at radius 1 is 0.273 bits per heavy atom. The zero-order valence-electron chi connectivity index (χ0n) is 66.1. The summed E-state index contributed by atoms with van der Waals surface area (Å²) in [6.45, 7) is 4.81. The van der Waals surface area contributed by atoms with E-state index < -0.39 is 77.7 Å². The molecule has 0 saturated heterocycles. The van der Waals surface area contributed by atoms with Crippen LogP contribution < -0.4 is 35.7 Å². The third-order valence-corrected chi connectivity index (χ3v) is 19.0. The van der Waals surface area contributed by atoms with Crippen molar-refractivity contribution in [1.29, 1.82) is 0 Å². The van der Waals surface area contributed by atoms with E-state index in [4.69, 9.17) is 0 Å². The summed E-state index contributed by atoms with van der Waals surface area (Å²) in [4.78, 5) is 150. The molecule has 22 heteroatoms. The van der Waals surface area contributed by atoms with Gasteiger partial charge in [-0.05, 0) is 87.8 Å². The molecule has 0 fully saturated rings. The number of aliphatic hydroxyl groups excluding tert-OH is 2. The highest BCUT2D eigenvalue weighted by molar-refractivity contribution is 6.12. The van der Waals surface area contributed by atoms with Crippen LogP contribution in [0.2, 0.25) is 0 Å². The van der Waals surface area contributed by atoms with Gasteiger partial charge in [0.2, 0.25) is 0 Å². The summed E-state index contributed by atoms with van der Waals surface area (Å²) < 4.78 is 0. The van der Waals surface area contributed by atoms with Gasteiger partial charge in [-0.15, -0.1) is 0 Å². The number of aliphatic carboxylic acids is 7. The van der Waals surface area contributed by atoms with Crippen LogP contribution in [-0.4, -0.2) is 99.9 Å². The number of carboxylic acids is 7. The first kappa shape index (κ1) is 113. The molecule has 2 atom stereocenters. The molecule has 0 heterocycles. The molecule has 12 rings (SSSR count). The van der Waals surface area contributed by atoms with Crippen molar-refractivity contribution in [3.8, 4) is 0 Å². The Hall–Kier alpha value is -15.1. The topological polar surface area (TPSA) is 424 Å². The lowest BCUT2D eigenvalue weighted by Crippen LogP contribution is -2.51. The number of hydrogen-bond acceptors (Lipinski definition) is 22. The molecular weight excluding hydrogens is 1630 g/mol. The zero-order chi connectivity index (χ0) is 88.3. The van der Waals surface area contributed by atoms with Gasteiger partial charge in [0.25, 0.3) is 0 Å². The van der Waals surface area contributed by atoms with Crippen LogP contribution in [0, 0.1) is 0 Å². The molecule has 0 bridgehead atoms. The quantitative estimate of drug-likeness (QED) is 0.0411. The van der Waals surface area contributed by atoms with E-state index in [1.807, 2.05) is 24.3 Å². The summed E-state index contributed by atoms with van der Waals surface area (Å²) in [5, 5.41) is 94.9. The summed E-state index contributed by atoms with van der Waals surface area (Å²) in [6, 6.07) is 89.2. The molecule has 0 spiro atoms. The molecule has 2 unspecified atom stereocenters. The van der Waals surface area contributed by atoms with Crippen LogP contribution in [0.4, 0.5) is 0 Å². The maximum absolute atomic E-state index is 12.4. The van der Waals surface area contributed by atoms with E-state index in [0.29, 0.717) is 101 Å². The molecule has 0 amide bonds. The molecule has 0 radical (unpaired) electrons. The van der Waals surface area contributed by atoms with E-state index in [9.17, 15) is 108 Å². The summed E-state index contributed by atoms with van der Waals surface area (Å²) in [5.74, 6) is -11.1. The fourth-order valence-electron chi connectivity index (χ4n) is 12.0. The fraction of sp³-hybridized carbons (Fsp3) is 0.198. The summed E-state index contributed by atoms with van der Waals surface area (Å²) >= 11 is 0. The first-order valence-corrected chi connectivity index (χ1v) is 37.7. The van der Waals surface area contributed by atoms with Crippen LogP contribution in [0.3, 0.4) is 0 Å². The van der Waals surface area contributed by atoms with Crippen LogP contribution in [0.1, 0.15) is 232 Å². The second kappa shape index (κ2) is 55.2. The number of carbonyl (C=O) groups excluding carboxylic acids is 13. The Bertz CT molecular complexity index is 5580. The van der Waals surface area contributed by atoms with Crippen LogP contribution in [0.25, 0.3) is 0 Å². The second-order valence-electron chi connectivity index (χ2n) is 27.9. The van der Waals surface area contributed by atoms with Crippen LogP contribution in [0.15, 0.2) is 322 Å². The van der Waals surface area contributed by atoms with Crippen molar-refractivity contribution in [3.05, 3.63) is 427 Å². The van der Waals surface area contributed by atoms with Gasteiger partial charge in [0.1, 0.15) is 0 Å². The highest BCUT2D eigenvalue weighted by Crippen LogP contribution is 2.28. The number of rotatable bonds is 29. The summed E-state index contributed by atoms with van der Waals surface area (Å²) in [5.41, 5.74) is 5.98. The van der Waals surface area contributed by atoms with Gasteiger partial charge in [0, 0.05) is 133 Å². The van der Waals surface area contributed by atoms with E-state index >= 15 is 0 Å². The minimum Gasteiger partial charge on any atom is -0.550 e. The normalized spacial score (nSPS) is 10.4. The van der Waals surface area contributed by atoms with Gasteiger partial charge >= 0.3 is 0 Å². The molecular formula is C106H109O22-7. The van der Waals surface area contributed by atoms with E-state index in [-0.39, 0.29) is 117 Å². The van der Waals surface area contributed by atoms with Gasteiger partial charge in [-0.1, -0.05) is 359 Å². The van der Waals surface area contributed by atoms with Gasteiger partial charge in [-0.25, -0.2) is 0 Å². The molecule has 0 aliphatic heterocycles. The highest BCUT2D eigenvalue weighted by atomic mass is 16.4. The standard InChI is InChI=1S/C17H14O5.C17H16O5.2C17H16O3.C16H14O3.C15H12O3.7CH4/c18-15(19)9-11-3-1-5-13(7-11)17(22)14-6-2-4-12(8-14)10-16(20)21;18-10-17(11-19,16(21)22)14-8-4-7-13(9-14)15(20)12-5-2-1-3-6-12;1-17(2,16(19)20)14-10-6-9-13(11-14)15(18)12-7-4-3-5-8-12;1-2-15(17(19)20)13-9-6-10-14(11-13)16(18)12-7-4-3-5-8-12;1-11(16(18)19)13-8-5-9-14(10-13)15(17)12-6-3-2-4-7-12;16-14(17)10-11-5-4-8-13(9-11)15(18)12-6-2-1-3-7-12;;;;;;;/h1-8H,9-10H2,(H,18,19)(H,20,21);1-9,18-19H,10-11H2,(H,21,22);3-11H,1-2H3,(H,19,20);3-11,15H,2H2,1H3,(H,19,20);2-11H,1H3,(H,18,19);1-9H,10H2,(H,16,17);7*1H4/p-7. The molecule has 0 aliphatic carbocycles. The van der Waals surface area contributed by atoms with Crippen LogP contribution in [-0.2, 0) is 63.7 Å². The predicted molar refractivity (Wildman–Crippen MR) is 481 cm³/mol. The molecule has 2 N–H and O–H groups in total. The molecule has 22 nitrogen and oxygen atoms in total. The SMILES string of the molecule is C.C.C.C.C.C.C.CC(C(=O)[O-])c1cccc(C(=O)c2ccccc2)c1.CC(C)(C(=O)[O-])c1cccc(C(=O)c2ccccc2)c1.CCC(C(=O)[O-])c1cccc(C(=O)c2ccccc2)c1.O=C([O-])Cc1cccc(C(=O)c2cccc(CC(=O)[O-])c2)c1.O=C([O-])Cc1cccc(C(=O)c2ccccc2)c1.O=C(c1ccccc1)c1cccc(C(CO)(CO)C(=O)[O-])c1. The Morgan fingerprint density at radius 3 is 0.766 bits per heavy atom.